The highest BCUT2D eigenvalue weighted by Crippen LogP contribution is 2.37. The van der Waals surface area contributed by atoms with Gasteiger partial charge in [-0.3, -0.25) is 0 Å². The van der Waals surface area contributed by atoms with Crippen LogP contribution in [-0.2, 0) is 5.33 Å². The van der Waals surface area contributed by atoms with Gasteiger partial charge < -0.3 is 0 Å². The van der Waals surface area contributed by atoms with Crippen molar-refractivity contribution in [3.63, 3.8) is 0 Å². The normalized spacial score (nSPS) is 11.0. The third-order valence-corrected chi connectivity index (χ3v) is 4.73. The zero-order chi connectivity index (χ0) is 9.42. The van der Waals surface area contributed by atoms with Crippen molar-refractivity contribution in [3.8, 4) is 0 Å². The van der Waals surface area contributed by atoms with E-state index in [0.29, 0.717) is 0 Å². The molecule has 68 valence electrons. The zero-order valence-corrected chi connectivity index (χ0v) is 11.2. The maximum absolute atomic E-state index is 6.21. The van der Waals surface area contributed by atoms with E-state index in [4.69, 9.17) is 11.6 Å². The Hall–Kier alpha value is 0.430. The first-order valence-corrected chi connectivity index (χ1v) is 6.81. The molecule has 0 N–H and O–H groups in total. The van der Waals surface area contributed by atoms with Crippen molar-refractivity contribution in [2.75, 3.05) is 0 Å². The lowest BCUT2D eigenvalue weighted by Crippen LogP contribution is -1.80. The maximum Gasteiger partial charge on any atom is 0.0534 e. The van der Waals surface area contributed by atoms with E-state index in [1.165, 1.54) is 4.70 Å². The molecule has 0 unspecified atom stereocenters. The second-order valence-electron chi connectivity index (χ2n) is 2.63. The van der Waals surface area contributed by atoms with E-state index in [1.807, 2.05) is 0 Å². The van der Waals surface area contributed by atoms with Crippen molar-refractivity contribution in [3.05, 3.63) is 32.6 Å². The highest BCUT2D eigenvalue weighted by Gasteiger charge is 2.08. The van der Waals surface area contributed by atoms with Crippen molar-refractivity contribution in [1.82, 2.24) is 0 Å². The van der Waals surface area contributed by atoms with Gasteiger partial charge in [-0.1, -0.05) is 27.5 Å². The fourth-order valence-corrected chi connectivity index (χ4v) is 3.74. The average Bonchev–Trinajstić information content (AvgIpc) is 2.60. The van der Waals surface area contributed by atoms with Crippen LogP contribution < -0.4 is 0 Å². The Morgan fingerprint density at radius 1 is 1.46 bits per heavy atom. The fraction of sp³-hybridized carbons (Fsp3) is 0.111. The quantitative estimate of drug-likeness (QED) is 0.625. The summed E-state index contributed by atoms with van der Waals surface area (Å²) in [6.07, 6.45) is 0. The summed E-state index contributed by atoms with van der Waals surface area (Å²) in [4.78, 5) is 0. The predicted molar refractivity (Wildman–Crippen MR) is 67.2 cm³/mol. The first-order valence-electron chi connectivity index (χ1n) is 3.64. The van der Waals surface area contributed by atoms with Crippen LogP contribution in [0.5, 0.6) is 0 Å². The molecule has 0 atom stereocenters. The summed E-state index contributed by atoms with van der Waals surface area (Å²) < 4.78 is 2.34. The molecule has 1 heterocycles. The molecule has 13 heavy (non-hydrogen) atoms. The Kier molecular flexibility index (Phi) is 2.98. The molecule has 0 radical (unpaired) electrons. The largest absolute Gasteiger partial charge is 0.143 e. The van der Waals surface area contributed by atoms with E-state index in [0.717, 1.165) is 25.8 Å². The van der Waals surface area contributed by atoms with Gasteiger partial charge in [0, 0.05) is 19.9 Å². The van der Waals surface area contributed by atoms with Gasteiger partial charge in [0.2, 0.25) is 0 Å². The molecule has 0 fully saturated rings. The average molecular weight is 340 g/mol. The molecule has 0 spiro atoms. The lowest BCUT2D eigenvalue weighted by atomic mass is 10.2. The van der Waals surface area contributed by atoms with E-state index in [9.17, 15) is 0 Å². The van der Waals surface area contributed by atoms with Gasteiger partial charge >= 0.3 is 0 Å². The summed E-state index contributed by atoms with van der Waals surface area (Å²) in [6.45, 7) is 0. The van der Waals surface area contributed by atoms with Gasteiger partial charge in [-0.25, -0.2) is 0 Å². The molecule has 0 saturated heterocycles. The number of hydrogen-bond acceptors (Lipinski definition) is 1. The molecule has 0 amide bonds. The summed E-state index contributed by atoms with van der Waals surface area (Å²) in [6, 6.07) is 4.12. The Morgan fingerprint density at radius 2 is 2.23 bits per heavy atom. The number of halogens is 3. The Balaban J connectivity index is 2.85. The second-order valence-corrected chi connectivity index (χ2v) is 5.34. The molecule has 0 aliphatic rings. The topological polar surface area (TPSA) is 0 Å². The monoisotopic (exact) mass is 338 g/mol. The van der Waals surface area contributed by atoms with Crippen LogP contribution in [-0.4, -0.2) is 0 Å². The van der Waals surface area contributed by atoms with Crippen molar-refractivity contribution < 1.29 is 0 Å². The minimum atomic E-state index is 0.788. The van der Waals surface area contributed by atoms with Gasteiger partial charge in [0.05, 0.1) is 5.02 Å². The summed E-state index contributed by atoms with van der Waals surface area (Å²) in [5.74, 6) is 0. The van der Waals surface area contributed by atoms with Gasteiger partial charge in [0.1, 0.15) is 0 Å². The standard InChI is InChI=1S/C9H5Br2ClS/c10-4-5-3-7(11)9-6(8(5)12)1-2-13-9/h1-3H,4H2. The maximum atomic E-state index is 6.21. The lowest BCUT2D eigenvalue weighted by molar-refractivity contribution is 1.46. The Labute approximate surface area is 102 Å². The van der Waals surface area contributed by atoms with Crippen LogP contribution in [0.4, 0.5) is 0 Å². The molecular weight excluding hydrogens is 335 g/mol. The minimum absolute atomic E-state index is 0.788. The summed E-state index contributed by atoms with van der Waals surface area (Å²) in [5, 5.41) is 4.84. The number of rotatable bonds is 1. The van der Waals surface area contributed by atoms with Crippen LogP contribution in [0.1, 0.15) is 5.56 Å². The minimum Gasteiger partial charge on any atom is -0.143 e. The van der Waals surface area contributed by atoms with Crippen LogP contribution in [0, 0.1) is 0 Å². The van der Waals surface area contributed by atoms with Crippen LogP contribution in [0.15, 0.2) is 22.0 Å². The molecule has 1 aromatic heterocycles. The number of hydrogen-bond donors (Lipinski definition) is 0. The first kappa shape index (κ1) is 9.97. The summed E-state index contributed by atoms with van der Waals surface area (Å²) in [7, 11) is 0. The van der Waals surface area contributed by atoms with Crippen molar-refractivity contribution in [2.45, 2.75) is 5.33 Å². The SMILES string of the molecule is Clc1c(CBr)cc(Br)c2sccc12. The Bertz CT molecular complexity index is 450. The van der Waals surface area contributed by atoms with E-state index < -0.39 is 0 Å². The van der Waals surface area contributed by atoms with Gasteiger partial charge in [-0.05, 0) is 39.0 Å². The highest BCUT2D eigenvalue weighted by atomic mass is 79.9. The van der Waals surface area contributed by atoms with Gasteiger partial charge in [-0.2, -0.15) is 0 Å². The molecule has 4 heteroatoms. The van der Waals surface area contributed by atoms with Crippen LogP contribution in [0.2, 0.25) is 5.02 Å². The number of fused-ring (bicyclic) bond motifs is 1. The van der Waals surface area contributed by atoms with Gasteiger partial charge in [-0.15, -0.1) is 11.3 Å². The molecule has 1 aromatic carbocycles. The third kappa shape index (κ3) is 1.67. The summed E-state index contributed by atoms with van der Waals surface area (Å²) in [5.41, 5.74) is 1.12. The second kappa shape index (κ2) is 3.89. The summed E-state index contributed by atoms with van der Waals surface area (Å²) >= 11 is 14.9. The van der Waals surface area contributed by atoms with Crippen LogP contribution in [0.3, 0.4) is 0 Å². The van der Waals surface area contributed by atoms with Crippen LogP contribution in [0.25, 0.3) is 10.1 Å². The molecule has 0 bridgehead atoms. The van der Waals surface area contributed by atoms with Crippen LogP contribution >= 0.6 is 54.8 Å². The van der Waals surface area contributed by atoms with Crippen molar-refractivity contribution >= 4 is 64.9 Å². The van der Waals surface area contributed by atoms with E-state index in [-0.39, 0.29) is 0 Å². The highest BCUT2D eigenvalue weighted by molar-refractivity contribution is 9.10. The molecule has 0 aliphatic heterocycles. The van der Waals surface area contributed by atoms with Crippen molar-refractivity contribution in [1.29, 1.82) is 0 Å². The Morgan fingerprint density at radius 3 is 2.92 bits per heavy atom. The van der Waals surface area contributed by atoms with E-state index in [1.54, 1.807) is 11.3 Å². The molecule has 0 saturated carbocycles. The number of benzene rings is 1. The molecule has 2 aromatic rings. The first-order chi connectivity index (χ1) is 6.24. The number of thiophene rings is 1. The molecule has 2 rings (SSSR count). The smallest absolute Gasteiger partial charge is 0.0534 e. The molecule has 0 nitrogen and oxygen atoms in total. The molecule has 0 aliphatic carbocycles. The predicted octanol–water partition coefficient (Wildman–Crippen LogP) is 5.21. The van der Waals surface area contributed by atoms with E-state index >= 15 is 0 Å². The fourth-order valence-electron chi connectivity index (χ4n) is 1.22. The van der Waals surface area contributed by atoms with Gasteiger partial charge in [0.15, 0.2) is 0 Å². The molecular formula is C9H5Br2ClS. The lowest BCUT2D eigenvalue weighted by Gasteiger charge is -2.03. The number of alkyl halides is 1. The van der Waals surface area contributed by atoms with Gasteiger partial charge in [0.25, 0.3) is 0 Å². The third-order valence-electron chi connectivity index (χ3n) is 1.85. The van der Waals surface area contributed by atoms with E-state index in [2.05, 4.69) is 49.4 Å². The van der Waals surface area contributed by atoms with Crippen molar-refractivity contribution in [2.24, 2.45) is 0 Å². The zero-order valence-electron chi connectivity index (χ0n) is 6.48.